The molecule has 0 unspecified atom stereocenters. The van der Waals surface area contributed by atoms with E-state index in [9.17, 15) is 4.79 Å². The highest BCUT2D eigenvalue weighted by molar-refractivity contribution is 5.70. The molecule has 1 heterocycles. The Morgan fingerprint density at radius 2 is 2.11 bits per heavy atom. The normalized spacial score (nSPS) is 13.8. The Morgan fingerprint density at radius 3 is 2.53 bits per heavy atom. The SMILES string of the molecule is CC(C)[C@H](CNCc1cnn(C(C)(C)C)c1)C(=O)O. The molecule has 0 aromatic carbocycles. The average Bonchev–Trinajstić information content (AvgIpc) is 2.71. The standard InChI is InChI=1S/C14H25N3O2/c1-10(2)12(13(18)19)8-15-6-11-7-16-17(9-11)14(3,4)5/h7,9-10,12,15H,6,8H2,1-5H3,(H,18,19)/t12-/m0/s1. The van der Waals surface area contributed by atoms with Crippen molar-refractivity contribution >= 4 is 5.97 Å². The number of aromatic nitrogens is 2. The molecule has 1 aromatic rings. The number of carboxylic acids is 1. The molecule has 0 spiro atoms. The fourth-order valence-electron chi connectivity index (χ4n) is 1.80. The van der Waals surface area contributed by atoms with E-state index >= 15 is 0 Å². The quantitative estimate of drug-likeness (QED) is 0.828. The zero-order valence-electron chi connectivity index (χ0n) is 12.5. The molecule has 1 aromatic heterocycles. The van der Waals surface area contributed by atoms with Gasteiger partial charge in [0.25, 0.3) is 0 Å². The molecule has 0 amide bonds. The van der Waals surface area contributed by atoms with Crippen molar-refractivity contribution in [2.75, 3.05) is 6.54 Å². The summed E-state index contributed by atoms with van der Waals surface area (Å²) < 4.78 is 1.92. The van der Waals surface area contributed by atoms with Crippen LogP contribution in [0.3, 0.4) is 0 Å². The predicted molar refractivity (Wildman–Crippen MR) is 74.9 cm³/mol. The molecule has 0 saturated carbocycles. The second-order valence-electron chi connectivity index (χ2n) is 6.28. The Morgan fingerprint density at radius 1 is 1.47 bits per heavy atom. The Balaban J connectivity index is 2.49. The van der Waals surface area contributed by atoms with Gasteiger partial charge in [-0.3, -0.25) is 9.48 Å². The third kappa shape index (κ3) is 4.67. The van der Waals surface area contributed by atoms with Crippen LogP contribution in [-0.2, 0) is 16.9 Å². The minimum absolute atomic E-state index is 0.0280. The van der Waals surface area contributed by atoms with Gasteiger partial charge in [0.1, 0.15) is 0 Å². The Kier molecular flexibility index (Phi) is 5.11. The van der Waals surface area contributed by atoms with Gasteiger partial charge in [-0.05, 0) is 26.7 Å². The van der Waals surface area contributed by atoms with Gasteiger partial charge in [-0.15, -0.1) is 0 Å². The van der Waals surface area contributed by atoms with E-state index < -0.39 is 5.97 Å². The summed E-state index contributed by atoms with van der Waals surface area (Å²) in [5.41, 5.74) is 1.04. The minimum atomic E-state index is -0.743. The summed E-state index contributed by atoms with van der Waals surface area (Å²) in [4.78, 5) is 11.1. The fraction of sp³-hybridized carbons (Fsp3) is 0.714. The molecular formula is C14H25N3O2. The van der Waals surface area contributed by atoms with Gasteiger partial charge in [0.05, 0.1) is 17.7 Å². The lowest BCUT2D eigenvalue weighted by molar-refractivity contribution is -0.143. The average molecular weight is 267 g/mol. The molecule has 108 valence electrons. The third-order valence-electron chi connectivity index (χ3n) is 3.14. The van der Waals surface area contributed by atoms with E-state index in [1.165, 1.54) is 0 Å². The van der Waals surface area contributed by atoms with E-state index in [1.807, 2.05) is 30.9 Å². The van der Waals surface area contributed by atoms with E-state index in [2.05, 4.69) is 31.2 Å². The van der Waals surface area contributed by atoms with Crippen LogP contribution < -0.4 is 5.32 Å². The van der Waals surface area contributed by atoms with Crippen LogP contribution >= 0.6 is 0 Å². The molecule has 0 bridgehead atoms. The van der Waals surface area contributed by atoms with Crippen molar-refractivity contribution in [3.63, 3.8) is 0 Å². The van der Waals surface area contributed by atoms with Crippen LogP contribution in [-0.4, -0.2) is 27.4 Å². The molecular weight excluding hydrogens is 242 g/mol. The van der Waals surface area contributed by atoms with E-state index in [-0.39, 0.29) is 17.4 Å². The molecule has 5 heteroatoms. The maximum Gasteiger partial charge on any atom is 0.308 e. The molecule has 19 heavy (non-hydrogen) atoms. The first-order valence-corrected chi connectivity index (χ1v) is 6.69. The van der Waals surface area contributed by atoms with Crippen LogP contribution in [0.2, 0.25) is 0 Å². The highest BCUT2D eigenvalue weighted by Crippen LogP contribution is 2.13. The molecule has 0 aliphatic carbocycles. The van der Waals surface area contributed by atoms with Crippen molar-refractivity contribution in [2.45, 2.75) is 46.7 Å². The van der Waals surface area contributed by atoms with Crippen LogP contribution in [0.5, 0.6) is 0 Å². The van der Waals surface area contributed by atoms with Gasteiger partial charge in [0, 0.05) is 24.8 Å². The summed E-state index contributed by atoms with van der Waals surface area (Å²) >= 11 is 0. The minimum Gasteiger partial charge on any atom is -0.481 e. The van der Waals surface area contributed by atoms with Crippen molar-refractivity contribution in [1.82, 2.24) is 15.1 Å². The number of nitrogens with one attached hydrogen (secondary N) is 1. The number of carbonyl (C=O) groups is 1. The molecule has 2 N–H and O–H groups in total. The first-order valence-electron chi connectivity index (χ1n) is 6.69. The molecule has 0 radical (unpaired) electrons. The summed E-state index contributed by atoms with van der Waals surface area (Å²) in [5, 5.41) is 16.6. The second-order valence-corrected chi connectivity index (χ2v) is 6.28. The second kappa shape index (κ2) is 6.19. The van der Waals surface area contributed by atoms with Crippen LogP contribution in [0, 0.1) is 11.8 Å². The van der Waals surface area contributed by atoms with Gasteiger partial charge in [0.2, 0.25) is 0 Å². The van der Waals surface area contributed by atoms with Crippen LogP contribution in [0.4, 0.5) is 0 Å². The number of hydrogen-bond acceptors (Lipinski definition) is 3. The molecule has 1 rings (SSSR count). The molecule has 0 fully saturated rings. The number of nitrogens with zero attached hydrogens (tertiary/aromatic N) is 2. The summed E-state index contributed by atoms with van der Waals surface area (Å²) in [6.07, 6.45) is 3.82. The highest BCUT2D eigenvalue weighted by atomic mass is 16.4. The van der Waals surface area contributed by atoms with Crippen LogP contribution in [0.25, 0.3) is 0 Å². The van der Waals surface area contributed by atoms with Crippen LogP contribution in [0.15, 0.2) is 12.4 Å². The van der Waals surface area contributed by atoms with Gasteiger partial charge in [0.15, 0.2) is 0 Å². The highest BCUT2D eigenvalue weighted by Gasteiger charge is 2.21. The van der Waals surface area contributed by atoms with Crippen molar-refractivity contribution in [3.8, 4) is 0 Å². The van der Waals surface area contributed by atoms with E-state index in [0.29, 0.717) is 13.1 Å². The van der Waals surface area contributed by atoms with E-state index in [0.717, 1.165) is 5.56 Å². The van der Waals surface area contributed by atoms with Gasteiger partial charge in [-0.25, -0.2) is 0 Å². The first-order chi connectivity index (χ1) is 8.71. The Labute approximate surface area is 115 Å². The monoisotopic (exact) mass is 267 g/mol. The number of rotatable bonds is 6. The van der Waals surface area contributed by atoms with Crippen molar-refractivity contribution in [3.05, 3.63) is 18.0 Å². The van der Waals surface area contributed by atoms with Crippen molar-refractivity contribution in [2.24, 2.45) is 11.8 Å². The van der Waals surface area contributed by atoms with Gasteiger partial charge < -0.3 is 10.4 Å². The number of aliphatic carboxylic acids is 1. The Bertz CT molecular complexity index is 419. The lowest BCUT2D eigenvalue weighted by Gasteiger charge is -2.19. The number of hydrogen-bond donors (Lipinski definition) is 2. The van der Waals surface area contributed by atoms with Crippen molar-refractivity contribution < 1.29 is 9.90 Å². The molecule has 1 atom stereocenters. The first kappa shape index (κ1) is 15.7. The summed E-state index contributed by atoms with van der Waals surface area (Å²) in [6, 6.07) is 0. The molecule has 0 saturated heterocycles. The summed E-state index contributed by atoms with van der Waals surface area (Å²) in [5.74, 6) is -0.965. The van der Waals surface area contributed by atoms with Crippen LogP contribution in [0.1, 0.15) is 40.2 Å². The molecule has 0 aliphatic heterocycles. The smallest absolute Gasteiger partial charge is 0.308 e. The largest absolute Gasteiger partial charge is 0.481 e. The summed E-state index contributed by atoms with van der Waals surface area (Å²) in [6.45, 7) is 11.3. The van der Waals surface area contributed by atoms with Gasteiger partial charge >= 0.3 is 5.97 Å². The Hall–Kier alpha value is -1.36. The van der Waals surface area contributed by atoms with Crippen molar-refractivity contribution in [1.29, 1.82) is 0 Å². The lowest BCUT2D eigenvalue weighted by atomic mass is 9.96. The third-order valence-corrected chi connectivity index (χ3v) is 3.14. The molecule has 0 aliphatic rings. The fourth-order valence-corrected chi connectivity index (χ4v) is 1.80. The van der Waals surface area contributed by atoms with E-state index in [1.54, 1.807) is 0 Å². The predicted octanol–water partition coefficient (Wildman–Crippen LogP) is 2.08. The van der Waals surface area contributed by atoms with E-state index in [4.69, 9.17) is 5.11 Å². The topological polar surface area (TPSA) is 67.2 Å². The zero-order valence-corrected chi connectivity index (χ0v) is 12.5. The maximum absolute atomic E-state index is 11.1. The van der Waals surface area contributed by atoms with Gasteiger partial charge in [-0.2, -0.15) is 5.10 Å². The summed E-state index contributed by atoms with van der Waals surface area (Å²) in [7, 11) is 0. The van der Waals surface area contributed by atoms with Gasteiger partial charge in [-0.1, -0.05) is 13.8 Å². The zero-order chi connectivity index (χ0) is 14.6. The maximum atomic E-state index is 11.1. The lowest BCUT2D eigenvalue weighted by Crippen LogP contribution is -2.31. The number of carboxylic acid groups (broad SMARTS) is 1. The molecule has 5 nitrogen and oxygen atoms in total.